The molecule has 0 unspecified atom stereocenters. The van der Waals surface area contributed by atoms with Gasteiger partial charge in [-0.3, -0.25) is 9.59 Å². The van der Waals surface area contributed by atoms with Crippen molar-refractivity contribution >= 4 is 15.9 Å². The largest absolute Gasteiger partial charge is 0.340 e. The van der Waals surface area contributed by atoms with Crippen LogP contribution in [0.5, 0.6) is 0 Å². The predicted octanol–water partition coefficient (Wildman–Crippen LogP) is 1.20. The number of nitrogens with zero attached hydrogens (tertiary/aromatic N) is 4. The maximum Gasteiger partial charge on any atom is 0.266 e. The van der Waals surface area contributed by atoms with Gasteiger partial charge in [-0.15, -0.1) is 0 Å². The average Bonchev–Trinajstić information content (AvgIpc) is 2.79. The summed E-state index contributed by atoms with van der Waals surface area (Å²) >= 11 is 0. The van der Waals surface area contributed by atoms with Crippen LogP contribution < -0.4 is 5.56 Å². The Hall–Kier alpha value is -3.47. The number of hydrogen-bond donors (Lipinski definition) is 1. The number of carbonyl (C=O) groups excluding carboxylic acids is 1. The lowest BCUT2D eigenvalue weighted by Crippen LogP contribution is -2.50. The van der Waals surface area contributed by atoms with E-state index in [0.29, 0.717) is 23.2 Å². The lowest BCUT2D eigenvalue weighted by molar-refractivity contribution is -0.132. The summed E-state index contributed by atoms with van der Waals surface area (Å²) in [6.07, 6.45) is 0.576. The number of rotatable bonds is 5. The van der Waals surface area contributed by atoms with Crippen molar-refractivity contribution in [2.45, 2.75) is 31.6 Å². The molecule has 1 N–H and O–H groups in total. The molecule has 0 spiro atoms. The van der Waals surface area contributed by atoms with Crippen LogP contribution in [0.3, 0.4) is 0 Å². The van der Waals surface area contributed by atoms with Gasteiger partial charge in [0.2, 0.25) is 15.9 Å². The number of piperazine rings is 1. The van der Waals surface area contributed by atoms with Gasteiger partial charge in [0.15, 0.2) is 0 Å². The van der Waals surface area contributed by atoms with Crippen molar-refractivity contribution in [3.8, 4) is 12.1 Å². The highest BCUT2D eigenvalue weighted by Gasteiger charge is 2.30. The molecule has 0 radical (unpaired) electrons. The summed E-state index contributed by atoms with van der Waals surface area (Å²) in [7, 11) is -3.69. The van der Waals surface area contributed by atoms with Crippen molar-refractivity contribution in [1.82, 2.24) is 14.2 Å². The van der Waals surface area contributed by atoms with Crippen LogP contribution in [0.25, 0.3) is 0 Å². The highest BCUT2D eigenvalue weighted by atomic mass is 32.2. The second-order valence-electron chi connectivity index (χ2n) is 7.59. The van der Waals surface area contributed by atoms with Gasteiger partial charge >= 0.3 is 0 Å². The molecule has 10 heteroatoms. The normalized spacial score (nSPS) is 14.6. The quantitative estimate of drug-likeness (QED) is 0.722. The summed E-state index contributed by atoms with van der Waals surface area (Å²) in [5, 5.41) is 18.1. The summed E-state index contributed by atoms with van der Waals surface area (Å²) < 4.78 is 27.0. The van der Waals surface area contributed by atoms with Crippen molar-refractivity contribution in [2.24, 2.45) is 0 Å². The van der Waals surface area contributed by atoms with E-state index in [-0.39, 0.29) is 49.0 Å². The van der Waals surface area contributed by atoms with Crippen LogP contribution in [0.15, 0.2) is 34.0 Å². The minimum absolute atomic E-state index is 0.0553. The number of sulfonamides is 1. The van der Waals surface area contributed by atoms with E-state index in [1.807, 2.05) is 12.1 Å². The number of H-pyrrole nitrogens is 1. The number of aromatic nitrogens is 1. The summed E-state index contributed by atoms with van der Waals surface area (Å²) in [5.41, 5.74) is 2.00. The van der Waals surface area contributed by atoms with Gasteiger partial charge in [0.1, 0.15) is 11.6 Å². The lowest BCUT2D eigenvalue weighted by Gasteiger charge is -2.34. The molecule has 2 aromatic rings. The zero-order valence-corrected chi connectivity index (χ0v) is 18.7. The number of aromatic amines is 1. The molecule has 0 saturated carbocycles. The van der Waals surface area contributed by atoms with Crippen LogP contribution >= 0.6 is 0 Å². The summed E-state index contributed by atoms with van der Waals surface area (Å²) in [4.78, 5) is 29.0. The predicted molar refractivity (Wildman–Crippen MR) is 116 cm³/mol. The Morgan fingerprint density at radius 2 is 1.69 bits per heavy atom. The second kappa shape index (κ2) is 9.35. The highest BCUT2D eigenvalue weighted by Crippen LogP contribution is 2.20. The minimum Gasteiger partial charge on any atom is -0.340 e. The van der Waals surface area contributed by atoms with E-state index in [4.69, 9.17) is 5.26 Å². The number of benzene rings is 1. The SMILES string of the molecule is Cc1[nH]c(=O)c(C#N)c(C)c1CCC(=O)N1CCN(S(=O)(=O)c2ccc(C#N)cc2)CC1. The molecule has 9 nitrogen and oxygen atoms in total. The van der Waals surface area contributed by atoms with Gasteiger partial charge in [0.25, 0.3) is 5.56 Å². The topological polar surface area (TPSA) is 138 Å². The number of carbonyl (C=O) groups is 1. The van der Waals surface area contributed by atoms with E-state index < -0.39 is 15.6 Å². The number of aryl methyl sites for hydroxylation is 1. The number of amides is 1. The molecule has 0 bridgehead atoms. The third-order valence-corrected chi connectivity index (χ3v) is 7.63. The van der Waals surface area contributed by atoms with E-state index >= 15 is 0 Å². The standard InChI is InChI=1S/C22H23N5O4S/c1-15-19(16(2)25-22(29)20(15)14-24)7-8-21(28)26-9-11-27(12-10-26)32(30,31)18-5-3-17(13-23)4-6-18/h3-6H,7-12H2,1-2H3,(H,25,29). The van der Waals surface area contributed by atoms with Gasteiger partial charge in [-0.05, 0) is 55.7 Å². The van der Waals surface area contributed by atoms with Crippen LogP contribution in [0, 0.1) is 36.5 Å². The molecule has 166 valence electrons. The fourth-order valence-electron chi connectivity index (χ4n) is 3.84. The van der Waals surface area contributed by atoms with Crippen molar-refractivity contribution < 1.29 is 13.2 Å². The number of pyridine rings is 1. The first-order valence-electron chi connectivity index (χ1n) is 10.1. The van der Waals surface area contributed by atoms with E-state index in [1.165, 1.54) is 28.6 Å². The molecule has 1 aliphatic rings. The van der Waals surface area contributed by atoms with Gasteiger partial charge in [0, 0.05) is 38.3 Å². The highest BCUT2D eigenvalue weighted by molar-refractivity contribution is 7.89. The maximum atomic E-state index is 12.8. The summed E-state index contributed by atoms with van der Waals surface area (Å²) in [5.74, 6) is -0.107. The van der Waals surface area contributed by atoms with Crippen molar-refractivity contribution in [3.63, 3.8) is 0 Å². The van der Waals surface area contributed by atoms with Gasteiger partial charge in [-0.1, -0.05) is 0 Å². The Morgan fingerprint density at radius 1 is 1.06 bits per heavy atom. The Bertz CT molecular complexity index is 1280. The minimum atomic E-state index is -3.69. The average molecular weight is 454 g/mol. The maximum absolute atomic E-state index is 12.8. The molecule has 2 heterocycles. The van der Waals surface area contributed by atoms with E-state index in [1.54, 1.807) is 18.7 Å². The molecule has 1 aromatic heterocycles. The van der Waals surface area contributed by atoms with Gasteiger partial charge in [-0.2, -0.15) is 14.8 Å². The fourth-order valence-corrected chi connectivity index (χ4v) is 5.26. The molecule has 1 saturated heterocycles. The molecule has 1 aromatic carbocycles. The van der Waals surface area contributed by atoms with Gasteiger partial charge in [0.05, 0.1) is 16.5 Å². The Balaban J connectivity index is 1.62. The molecule has 1 aliphatic heterocycles. The Labute approximate surface area is 186 Å². The fraction of sp³-hybridized carbons (Fsp3) is 0.364. The van der Waals surface area contributed by atoms with E-state index in [2.05, 4.69) is 4.98 Å². The number of nitriles is 2. The molecular weight excluding hydrogens is 430 g/mol. The zero-order chi connectivity index (χ0) is 23.5. The third-order valence-electron chi connectivity index (χ3n) is 5.72. The smallest absolute Gasteiger partial charge is 0.266 e. The third kappa shape index (κ3) is 4.57. The first-order valence-corrected chi connectivity index (χ1v) is 11.5. The van der Waals surface area contributed by atoms with Crippen LogP contribution in [0.2, 0.25) is 0 Å². The van der Waals surface area contributed by atoms with Crippen LogP contribution in [0.4, 0.5) is 0 Å². The Kier molecular flexibility index (Phi) is 6.78. The molecule has 0 aliphatic carbocycles. The first-order chi connectivity index (χ1) is 15.2. The van der Waals surface area contributed by atoms with Crippen molar-refractivity contribution in [3.05, 3.63) is 62.6 Å². The number of hydrogen-bond acceptors (Lipinski definition) is 6. The first kappa shape index (κ1) is 23.2. The number of nitrogens with one attached hydrogen (secondary N) is 1. The summed E-state index contributed by atoms with van der Waals surface area (Å²) in [6, 6.07) is 9.61. The zero-order valence-electron chi connectivity index (χ0n) is 17.9. The van der Waals surface area contributed by atoms with Crippen LogP contribution in [0.1, 0.15) is 34.4 Å². The molecule has 32 heavy (non-hydrogen) atoms. The molecular formula is C22H23N5O4S. The second-order valence-corrected chi connectivity index (χ2v) is 9.53. The van der Waals surface area contributed by atoms with E-state index in [0.717, 1.165) is 5.56 Å². The van der Waals surface area contributed by atoms with Crippen LogP contribution in [-0.4, -0.2) is 54.7 Å². The lowest BCUT2D eigenvalue weighted by atomic mass is 9.99. The Morgan fingerprint density at radius 3 is 2.25 bits per heavy atom. The van der Waals surface area contributed by atoms with Crippen LogP contribution in [-0.2, 0) is 21.2 Å². The molecule has 1 amide bonds. The molecule has 0 atom stereocenters. The van der Waals surface area contributed by atoms with Crippen molar-refractivity contribution in [1.29, 1.82) is 10.5 Å². The molecule has 1 fully saturated rings. The van der Waals surface area contributed by atoms with Gasteiger partial charge < -0.3 is 9.88 Å². The van der Waals surface area contributed by atoms with E-state index in [9.17, 15) is 23.3 Å². The van der Waals surface area contributed by atoms with Crippen molar-refractivity contribution in [2.75, 3.05) is 26.2 Å². The monoisotopic (exact) mass is 453 g/mol. The van der Waals surface area contributed by atoms with Gasteiger partial charge in [-0.25, -0.2) is 8.42 Å². The molecule has 3 rings (SSSR count). The summed E-state index contributed by atoms with van der Waals surface area (Å²) in [6.45, 7) is 4.37.